The van der Waals surface area contributed by atoms with Crippen LogP contribution in [0.2, 0.25) is 0 Å². The molecule has 0 unspecified atom stereocenters. The number of hydrogen-bond donors (Lipinski definition) is 2. The maximum Gasteiger partial charge on any atom is 0.173 e. The summed E-state index contributed by atoms with van der Waals surface area (Å²) >= 11 is 0. The first-order chi connectivity index (χ1) is 8.61. The van der Waals surface area contributed by atoms with Crippen LogP contribution in [0.15, 0.2) is 23.5 Å². The predicted octanol–water partition coefficient (Wildman–Crippen LogP) is 1.04. The van der Waals surface area contributed by atoms with Gasteiger partial charge in [-0.1, -0.05) is 5.16 Å². The normalized spacial score (nSPS) is 11.9. The summed E-state index contributed by atoms with van der Waals surface area (Å²) in [5, 5.41) is 11.8. The maximum atomic E-state index is 8.80. The van der Waals surface area contributed by atoms with Gasteiger partial charge in [0.05, 0.1) is 12.2 Å². The Morgan fingerprint density at radius 2 is 2.33 bits per heavy atom. The average Bonchev–Trinajstić information content (AvgIpc) is 2.38. The lowest BCUT2D eigenvalue weighted by Crippen LogP contribution is -2.36. The highest BCUT2D eigenvalue weighted by Gasteiger charge is 2.17. The molecule has 1 heterocycles. The minimum absolute atomic E-state index is 0.0566. The molecule has 0 spiro atoms. The summed E-state index contributed by atoms with van der Waals surface area (Å²) in [6.07, 6.45) is 1.69. The number of anilines is 1. The Morgan fingerprint density at radius 1 is 1.61 bits per heavy atom. The highest BCUT2D eigenvalue weighted by Crippen LogP contribution is 2.19. The maximum absolute atomic E-state index is 8.80. The van der Waals surface area contributed by atoms with Crippen molar-refractivity contribution in [3.05, 3.63) is 23.9 Å². The molecular formula is C12H20N4O2. The number of hydrogen-bond acceptors (Lipinski definition) is 5. The summed E-state index contributed by atoms with van der Waals surface area (Å²) in [5.41, 5.74) is 6.28. The molecule has 0 radical (unpaired) electrons. The number of amidine groups is 1. The molecule has 100 valence electrons. The SMILES string of the molecule is COCCN(c1ncccc1/C(N)=N/O)C(C)C. The number of ether oxygens (including phenoxy) is 1. The number of oxime groups is 1. The lowest BCUT2D eigenvalue weighted by atomic mass is 10.2. The fourth-order valence-electron chi connectivity index (χ4n) is 1.68. The second-order valence-corrected chi connectivity index (χ2v) is 4.14. The molecule has 0 saturated carbocycles. The van der Waals surface area contributed by atoms with Gasteiger partial charge in [-0.2, -0.15) is 0 Å². The fraction of sp³-hybridized carbons (Fsp3) is 0.500. The van der Waals surface area contributed by atoms with E-state index in [0.717, 1.165) is 0 Å². The van der Waals surface area contributed by atoms with Crippen LogP contribution in [0.3, 0.4) is 0 Å². The number of rotatable bonds is 6. The van der Waals surface area contributed by atoms with Crippen molar-refractivity contribution in [3.8, 4) is 0 Å². The Morgan fingerprint density at radius 3 is 2.89 bits per heavy atom. The molecule has 3 N–H and O–H groups in total. The smallest absolute Gasteiger partial charge is 0.173 e. The van der Waals surface area contributed by atoms with E-state index in [9.17, 15) is 0 Å². The summed E-state index contributed by atoms with van der Waals surface area (Å²) < 4.78 is 5.09. The average molecular weight is 252 g/mol. The van der Waals surface area contributed by atoms with Crippen molar-refractivity contribution in [1.29, 1.82) is 0 Å². The number of aromatic nitrogens is 1. The van der Waals surface area contributed by atoms with E-state index in [1.165, 1.54) is 0 Å². The highest BCUT2D eigenvalue weighted by molar-refractivity contribution is 6.01. The van der Waals surface area contributed by atoms with Gasteiger partial charge in [0.15, 0.2) is 5.84 Å². The van der Waals surface area contributed by atoms with Crippen LogP contribution in [0.1, 0.15) is 19.4 Å². The molecular weight excluding hydrogens is 232 g/mol. The van der Waals surface area contributed by atoms with Crippen LogP contribution >= 0.6 is 0 Å². The first-order valence-corrected chi connectivity index (χ1v) is 5.80. The lowest BCUT2D eigenvalue weighted by Gasteiger charge is -2.29. The summed E-state index contributed by atoms with van der Waals surface area (Å²) in [6, 6.07) is 3.77. The van der Waals surface area contributed by atoms with Gasteiger partial charge in [0.1, 0.15) is 5.82 Å². The Hall–Kier alpha value is -1.82. The number of pyridine rings is 1. The summed E-state index contributed by atoms with van der Waals surface area (Å²) in [7, 11) is 1.65. The molecule has 0 aliphatic carbocycles. The molecule has 0 amide bonds. The van der Waals surface area contributed by atoms with Crippen LogP contribution in [-0.4, -0.2) is 42.3 Å². The molecule has 1 aromatic rings. The van der Waals surface area contributed by atoms with Crippen molar-refractivity contribution in [2.45, 2.75) is 19.9 Å². The van der Waals surface area contributed by atoms with Crippen molar-refractivity contribution in [2.75, 3.05) is 25.2 Å². The molecule has 0 aliphatic heterocycles. The Balaban J connectivity index is 3.11. The van der Waals surface area contributed by atoms with E-state index in [1.807, 2.05) is 0 Å². The Kier molecular flexibility index (Phi) is 5.38. The van der Waals surface area contributed by atoms with Gasteiger partial charge in [0.25, 0.3) is 0 Å². The third-order valence-corrected chi connectivity index (χ3v) is 2.60. The zero-order valence-corrected chi connectivity index (χ0v) is 11.0. The largest absolute Gasteiger partial charge is 0.409 e. The van der Waals surface area contributed by atoms with Crippen LogP contribution in [0.4, 0.5) is 5.82 Å². The van der Waals surface area contributed by atoms with E-state index < -0.39 is 0 Å². The molecule has 6 nitrogen and oxygen atoms in total. The van der Waals surface area contributed by atoms with Gasteiger partial charge in [0, 0.05) is 25.9 Å². The fourth-order valence-corrected chi connectivity index (χ4v) is 1.68. The van der Waals surface area contributed by atoms with Crippen molar-refractivity contribution >= 4 is 11.7 Å². The second-order valence-electron chi connectivity index (χ2n) is 4.14. The van der Waals surface area contributed by atoms with Crippen LogP contribution in [0, 0.1) is 0 Å². The zero-order valence-electron chi connectivity index (χ0n) is 11.0. The first kappa shape index (κ1) is 14.2. The van der Waals surface area contributed by atoms with E-state index in [0.29, 0.717) is 24.5 Å². The van der Waals surface area contributed by atoms with Gasteiger partial charge in [0.2, 0.25) is 0 Å². The molecule has 0 aromatic carbocycles. The minimum Gasteiger partial charge on any atom is -0.409 e. The van der Waals surface area contributed by atoms with Crippen LogP contribution < -0.4 is 10.6 Å². The molecule has 0 bridgehead atoms. The van der Waals surface area contributed by atoms with Crippen molar-refractivity contribution in [1.82, 2.24) is 4.98 Å². The molecule has 0 aliphatic rings. The quantitative estimate of drug-likeness (QED) is 0.342. The van der Waals surface area contributed by atoms with E-state index in [-0.39, 0.29) is 11.9 Å². The molecule has 1 rings (SSSR count). The van der Waals surface area contributed by atoms with Gasteiger partial charge in [-0.15, -0.1) is 0 Å². The third kappa shape index (κ3) is 3.33. The molecule has 0 fully saturated rings. The van der Waals surface area contributed by atoms with Crippen LogP contribution in [0.5, 0.6) is 0 Å². The monoisotopic (exact) mass is 252 g/mol. The van der Waals surface area contributed by atoms with Gasteiger partial charge >= 0.3 is 0 Å². The molecule has 18 heavy (non-hydrogen) atoms. The van der Waals surface area contributed by atoms with Gasteiger partial charge in [-0.25, -0.2) is 4.98 Å². The molecule has 1 aromatic heterocycles. The highest BCUT2D eigenvalue weighted by atomic mass is 16.5. The van der Waals surface area contributed by atoms with E-state index in [1.54, 1.807) is 25.4 Å². The van der Waals surface area contributed by atoms with Gasteiger partial charge in [-0.3, -0.25) is 0 Å². The number of nitrogens with two attached hydrogens (primary N) is 1. The molecule has 0 atom stereocenters. The predicted molar refractivity (Wildman–Crippen MR) is 71.1 cm³/mol. The first-order valence-electron chi connectivity index (χ1n) is 5.80. The van der Waals surface area contributed by atoms with Crippen molar-refractivity contribution < 1.29 is 9.94 Å². The summed E-state index contributed by atoms with van der Waals surface area (Å²) in [6.45, 7) is 5.39. The van der Waals surface area contributed by atoms with Crippen molar-refractivity contribution in [2.24, 2.45) is 10.9 Å². The second kappa shape index (κ2) is 6.80. The van der Waals surface area contributed by atoms with Crippen LogP contribution in [0.25, 0.3) is 0 Å². The number of nitrogens with zero attached hydrogens (tertiary/aromatic N) is 3. The summed E-state index contributed by atoms with van der Waals surface area (Å²) in [4.78, 5) is 6.37. The van der Waals surface area contributed by atoms with Crippen molar-refractivity contribution in [3.63, 3.8) is 0 Å². The lowest BCUT2D eigenvalue weighted by molar-refractivity contribution is 0.203. The van der Waals surface area contributed by atoms with Gasteiger partial charge in [-0.05, 0) is 26.0 Å². The number of methoxy groups -OCH3 is 1. The topological polar surface area (TPSA) is 84.0 Å². The zero-order chi connectivity index (χ0) is 13.5. The Labute approximate surface area is 107 Å². The van der Waals surface area contributed by atoms with E-state index in [4.69, 9.17) is 15.7 Å². The minimum atomic E-state index is 0.0566. The van der Waals surface area contributed by atoms with Crippen LogP contribution in [-0.2, 0) is 4.74 Å². The molecule has 6 heteroatoms. The van der Waals surface area contributed by atoms with E-state index >= 15 is 0 Å². The summed E-state index contributed by atoms with van der Waals surface area (Å²) in [5.74, 6) is 0.751. The van der Waals surface area contributed by atoms with Gasteiger partial charge < -0.3 is 20.6 Å². The Bertz CT molecular complexity index is 407. The standard InChI is InChI=1S/C12H20N4O2/c1-9(2)16(7-8-18-3)12-10(11(13)15-17)5-4-6-14-12/h4-6,9,17H,7-8H2,1-3H3,(H2,13,15). The third-order valence-electron chi connectivity index (χ3n) is 2.60. The molecule has 0 saturated heterocycles. The van der Waals surface area contributed by atoms with E-state index in [2.05, 4.69) is 28.9 Å².